The first-order chi connectivity index (χ1) is 9.66. The number of hydrogen-bond donors (Lipinski definition) is 1. The molecule has 0 bridgehead atoms. The largest absolute Gasteiger partial charge is 0.389 e. The van der Waals surface area contributed by atoms with Crippen LogP contribution in [0.25, 0.3) is 0 Å². The average molecular weight is 302 g/mol. The van der Waals surface area contributed by atoms with Crippen LogP contribution in [0, 0.1) is 6.92 Å². The molecule has 0 radical (unpaired) electrons. The van der Waals surface area contributed by atoms with E-state index in [2.05, 4.69) is 35.4 Å². The first-order valence-corrected chi connectivity index (χ1v) is 8.14. The van der Waals surface area contributed by atoms with Crippen LogP contribution >= 0.6 is 23.6 Å². The number of anilines is 1. The molecule has 3 rings (SSSR count). The van der Waals surface area contributed by atoms with E-state index >= 15 is 0 Å². The van der Waals surface area contributed by atoms with Crippen LogP contribution in [0.15, 0.2) is 35.7 Å². The van der Waals surface area contributed by atoms with Crippen LogP contribution in [0.3, 0.4) is 0 Å². The number of rotatable bonds is 5. The topological polar surface area (TPSA) is 29.3 Å². The number of nitrogens with zero attached hydrogens (tertiary/aromatic N) is 1. The maximum absolute atomic E-state index is 5.92. The van der Waals surface area contributed by atoms with Gasteiger partial charge in [0.05, 0.1) is 12.2 Å². The molecule has 2 N–H and O–H groups in total. The highest BCUT2D eigenvalue weighted by atomic mass is 32.1. The van der Waals surface area contributed by atoms with Crippen molar-refractivity contribution >= 4 is 34.2 Å². The van der Waals surface area contributed by atoms with Gasteiger partial charge in [-0.3, -0.25) is 0 Å². The Balaban J connectivity index is 2.01. The lowest BCUT2D eigenvalue weighted by Crippen LogP contribution is -2.28. The van der Waals surface area contributed by atoms with Crippen molar-refractivity contribution < 1.29 is 0 Å². The van der Waals surface area contributed by atoms with E-state index in [1.165, 1.54) is 29.0 Å². The van der Waals surface area contributed by atoms with E-state index in [1.54, 1.807) is 11.3 Å². The number of nitrogens with two attached hydrogens (primary N) is 1. The monoisotopic (exact) mass is 302 g/mol. The molecular formula is C16H18N2S2. The van der Waals surface area contributed by atoms with Crippen molar-refractivity contribution in [1.29, 1.82) is 0 Å². The molecule has 1 fully saturated rings. The summed E-state index contributed by atoms with van der Waals surface area (Å²) in [5.41, 5.74) is 9.39. The van der Waals surface area contributed by atoms with Gasteiger partial charge in [-0.05, 0) is 42.8 Å². The molecule has 0 atom stereocenters. The Hall–Kier alpha value is -1.39. The molecule has 1 aliphatic carbocycles. The first-order valence-electron chi connectivity index (χ1n) is 6.85. The molecule has 0 spiro atoms. The van der Waals surface area contributed by atoms with Crippen LogP contribution in [0.4, 0.5) is 5.69 Å². The van der Waals surface area contributed by atoms with Gasteiger partial charge in [0.2, 0.25) is 0 Å². The lowest BCUT2D eigenvalue weighted by molar-refractivity contribution is 0.799. The lowest BCUT2D eigenvalue weighted by atomic mass is 10.1. The van der Waals surface area contributed by atoms with Crippen LogP contribution in [0.2, 0.25) is 0 Å². The first kappa shape index (κ1) is 13.6. The number of para-hydroxylation sites is 1. The van der Waals surface area contributed by atoms with Crippen LogP contribution in [-0.2, 0) is 6.54 Å². The molecule has 0 saturated heterocycles. The van der Waals surface area contributed by atoms with E-state index in [-0.39, 0.29) is 0 Å². The molecule has 1 saturated carbocycles. The summed E-state index contributed by atoms with van der Waals surface area (Å²) < 4.78 is 0. The Morgan fingerprint density at radius 2 is 2.15 bits per heavy atom. The van der Waals surface area contributed by atoms with E-state index < -0.39 is 0 Å². The summed E-state index contributed by atoms with van der Waals surface area (Å²) in [6.07, 6.45) is 2.52. The number of aryl methyl sites for hydroxylation is 1. The zero-order valence-corrected chi connectivity index (χ0v) is 13.1. The Morgan fingerprint density at radius 1 is 1.35 bits per heavy atom. The summed E-state index contributed by atoms with van der Waals surface area (Å²) in [5, 5.41) is 2.13. The minimum Gasteiger partial charge on any atom is -0.389 e. The molecule has 0 aliphatic heterocycles. The van der Waals surface area contributed by atoms with Crippen molar-refractivity contribution in [2.45, 2.75) is 32.4 Å². The maximum atomic E-state index is 5.92. The third kappa shape index (κ3) is 2.72. The summed E-state index contributed by atoms with van der Waals surface area (Å²) in [6.45, 7) is 3.09. The number of thiocarbonyl (C=S) groups is 1. The van der Waals surface area contributed by atoms with Gasteiger partial charge >= 0.3 is 0 Å². The van der Waals surface area contributed by atoms with Crippen molar-refractivity contribution in [2.24, 2.45) is 5.73 Å². The van der Waals surface area contributed by atoms with Crippen molar-refractivity contribution in [3.63, 3.8) is 0 Å². The highest BCUT2D eigenvalue weighted by Gasteiger charge is 2.31. The molecule has 2 nitrogen and oxygen atoms in total. The lowest BCUT2D eigenvalue weighted by Gasteiger charge is -2.28. The SMILES string of the molecule is Cc1cccc(C(N)=S)c1N(Cc1cccs1)C1CC1. The van der Waals surface area contributed by atoms with Crippen molar-refractivity contribution in [3.8, 4) is 0 Å². The Labute approximate surface area is 129 Å². The Bertz CT molecular complexity index is 615. The smallest absolute Gasteiger partial charge is 0.106 e. The summed E-state index contributed by atoms with van der Waals surface area (Å²) in [4.78, 5) is 4.35. The van der Waals surface area contributed by atoms with Crippen LogP contribution in [-0.4, -0.2) is 11.0 Å². The van der Waals surface area contributed by atoms with E-state index in [9.17, 15) is 0 Å². The molecule has 2 aromatic rings. The minimum atomic E-state index is 0.487. The van der Waals surface area contributed by atoms with Crippen molar-refractivity contribution in [1.82, 2.24) is 0 Å². The molecule has 104 valence electrons. The molecular weight excluding hydrogens is 284 g/mol. The second-order valence-electron chi connectivity index (χ2n) is 5.27. The molecule has 1 aromatic heterocycles. The Morgan fingerprint density at radius 3 is 2.75 bits per heavy atom. The number of benzene rings is 1. The zero-order chi connectivity index (χ0) is 14.1. The van der Waals surface area contributed by atoms with E-state index in [1.807, 2.05) is 12.1 Å². The van der Waals surface area contributed by atoms with Gasteiger partial charge < -0.3 is 10.6 Å². The molecule has 0 amide bonds. The van der Waals surface area contributed by atoms with Crippen LogP contribution < -0.4 is 10.6 Å². The summed E-state index contributed by atoms with van der Waals surface area (Å²) in [6, 6.07) is 11.1. The molecule has 4 heteroatoms. The van der Waals surface area contributed by atoms with Crippen molar-refractivity contribution in [3.05, 3.63) is 51.7 Å². The molecule has 0 unspecified atom stereocenters. The van der Waals surface area contributed by atoms with E-state index in [0.717, 1.165) is 12.1 Å². The highest BCUT2D eigenvalue weighted by molar-refractivity contribution is 7.80. The van der Waals surface area contributed by atoms with Crippen LogP contribution in [0.1, 0.15) is 28.8 Å². The normalized spacial score (nSPS) is 14.2. The van der Waals surface area contributed by atoms with Gasteiger partial charge in [0, 0.05) is 16.5 Å². The van der Waals surface area contributed by atoms with E-state index in [0.29, 0.717) is 11.0 Å². The summed E-state index contributed by atoms with van der Waals surface area (Å²) in [5.74, 6) is 0. The fraction of sp³-hybridized carbons (Fsp3) is 0.312. The van der Waals surface area contributed by atoms with Crippen LogP contribution in [0.5, 0.6) is 0 Å². The Kier molecular flexibility index (Phi) is 3.76. The fourth-order valence-electron chi connectivity index (χ4n) is 2.59. The molecule has 20 heavy (non-hydrogen) atoms. The predicted octanol–water partition coefficient (Wildman–Crippen LogP) is 3.86. The summed E-state index contributed by atoms with van der Waals surface area (Å²) in [7, 11) is 0. The second-order valence-corrected chi connectivity index (χ2v) is 6.75. The quantitative estimate of drug-likeness (QED) is 0.850. The molecule has 1 heterocycles. The maximum Gasteiger partial charge on any atom is 0.106 e. The standard InChI is InChI=1S/C16H18N2S2/c1-11-4-2-6-14(16(17)19)15(11)18(12-7-8-12)10-13-5-3-9-20-13/h2-6,9,12H,7-8,10H2,1H3,(H2,17,19). The fourth-order valence-corrected chi connectivity index (χ4v) is 3.45. The van der Waals surface area contributed by atoms with Gasteiger partial charge in [0.25, 0.3) is 0 Å². The predicted molar refractivity (Wildman–Crippen MR) is 90.6 cm³/mol. The zero-order valence-electron chi connectivity index (χ0n) is 11.5. The van der Waals surface area contributed by atoms with Gasteiger partial charge in [-0.25, -0.2) is 0 Å². The average Bonchev–Trinajstić information content (AvgIpc) is 3.13. The third-order valence-electron chi connectivity index (χ3n) is 3.68. The molecule has 1 aromatic carbocycles. The summed E-state index contributed by atoms with van der Waals surface area (Å²) >= 11 is 7.04. The number of thiophene rings is 1. The highest BCUT2D eigenvalue weighted by Crippen LogP contribution is 2.37. The van der Waals surface area contributed by atoms with Gasteiger partial charge in [0.1, 0.15) is 4.99 Å². The minimum absolute atomic E-state index is 0.487. The third-order valence-corrected chi connectivity index (χ3v) is 4.77. The van der Waals surface area contributed by atoms with Gasteiger partial charge in [-0.2, -0.15) is 0 Å². The second kappa shape index (κ2) is 5.54. The molecule has 1 aliphatic rings. The van der Waals surface area contributed by atoms with E-state index in [4.69, 9.17) is 18.0 Å². The van der Waals surface area contributed by atoms with Crippen molar-refractivity contribution in [2.75, 3.05) is 4.90 Å². The number of hydrogen-bond acceptors (Lipinski definition) is 3. The van der Waals surface area contributed by atoms with Gasteiger partial charge in [0.15, 0.2) is 0 Å². The van der Waals surface area contributed by atoms with Gasteiger partial charge in [-0.1, -0.05) is 30.4 Å². The van der Waals surface area contributed by atoms with Gasteiger partial charge in [-0.15, -0.1) is 11.3 Å².